The van der Waals surface area contributed by atoms with Crippen LogP contribution in [0.1, 0.15) is 18.1 Å². The number of hydrogen-bond acceptors (Lipinski definition) is 2. The summed E-state index contributed by atoms with van der Waals surface area (Å²) >= 11 is 0. The third kappa shape index (κ3) is 3.58. The summed E-state index contributed by atoms with van der Waals surface area (Å²) in [4.78, 5) is 10.7. The molecule has 0 saturated heterocycles. The zero-order chi connectivity index (χ0) is 10.4. The van der Waals surface area contributed by atoms with Gasteiger partial charge >= 0.3 is 0 Å². The van der Waals surface area contributed by atoms with Gasteiger partial charge in [0, 0.05) is 20.0 Å². The predicted octanol–water partition coefficient (Wildman–Crippen LogP) is 1.04. The average molecular weight is 192 g/mol. The molecule has 1 aromatic carbocycles. The summed E-state index contributed by atoms with van der Waals surface area (Å²) in [5.74, 6) is 0.00398. The van der Waals surface area contributed by atoms with Gasteiger partial charge in [0.05, 0.1) is 0 Å². The molecule has 2 N–H and O–H groups in total. The molecule has 0 fully saturated rings. The highest BCUT2D eigenvalue weighted by Gasteiger charge is 1.95. The van der Waals surface area contributed by atoms with Crippen LogP contribution in [-0.4, -0.2) is 13.0 Å². The maximum Gasteiger partial charge on any atom is 0.217 e. The first-order valence-corrected chi connectivity index (χ1v) is 4.69. The lowest BCUT2D eigenvalue weighted by atomic mass is 10.1. The molecule has 0 aliphatic heterocycles. The van der Waals surface area contributed by atoms with Crippen LogP contribution in [0.5, 0.6) is 0 Å². The van der Waals surface area contributed by atoms with E-state index in [1.54, 1.807) is 0 Å². The molecule has 0 bridgehead atoms. The van der Waals surface area contributed by atoms with Gasteiger partial charge in [-0.25, -0.2) is 0 Å². The molecule has 3 nitrogen and oxygen atoms in total. The predicted molar refractivity (Wildman–Crippen MR) is 56.7 cm³/mol. The van der Waals surface area contributed by atoms with E-state index in [1.165, 1.54) is 12.5 Å². The highest BCUT2D eigenvalue weighted by molar-refractivity contribution is 5.72. The number of nitrogens with one attached hydrogen (secondary N) is 2. The zero-order valence-electron chi connectivity index (χ0n) is 8.63. The van der Waals surface area contributed by atoms with Crippen LogP contribution in [0, 0.1) is 0 Å². The van der Waals surface area contributed by atoms with Crippen molar-refractivity contribution in [2.45, 2.75) is 20.0 Å². The van der Waals surface area contributed by atoms with E-state index in [2.05, 4.69) is 22.8 Å². The molecule has 76 valence electrons. The second-order valence-corrected chi connectivity index (χ2v) is 3.26. The minimum absolute atomic E-state index is 0.00398. The Bertz CT molecular complexity index is 293. The van der Waals surface area contributed by atoms with Gasteiger partial charge < -0.3 is 10.6 Å². The Morgan fingerprint density at radius 3 is 2.07 bits per heavy atom. The molecule has 0 spiro atoms. The Kier molecular flexibility index (Phi) is 4.13. The van der Waals surface area contributed by atoms with E-state index in [0.717, 1.165) is 12.1 Å². The normalized spacial score (nSPS) is 9.86. The Labute approximate surface area is 84.5 Å². The summed E-state index contributed by atoms with van der Waals surface area (Å²) in [6, 6.07) is 8.19. The maximum atomic E-state index is 10.7. The maximum absolute atomic E-state index is 10.7. The van der Waals surface area contributed by atoms with E-state index in [0.29, 0.717) is 6.54 Å². The van der Waals surface area contributed by atoms with Crippen LogP contribution >= 0.6 is 0 Å². The highest BCUT2D eigenvalue weighted by atomic mass is 16.1. The van der Waals surface area contributed by atoms with Crippen molar-refractivity contribution in [3.8, 4) is 0 Å². The van der Waals surface area contributed by atoms with Crippen LogP contribution in [0.25, 0.3) is 0 Å². The molecule has 0 radical (unpaired) electrons. The number of benzene rings is 1. The molecule has 0 aliphatic carbocycles. The van der Waals surface area contributed by atoms with Crippen LogP contribution in [0.2, 0.25) is 0 Å². The van der Waals surface area contributed by atoms with Gasteiger partial charge in [-0.3, -0.25) is 4.79 Å². The van der Waals surface area contributed by atoms with Crippen LogP contribution in [0.15, 0.2) is 24.3 Å². The van der Waals surface area contributed by atoms with Crippen molar-refractivity contribution in [1.82, 2.24) is 10.6 Å². The van der Waals surface area contributed by atoms with E-state index < -0.39 is 0 Å². The van der Waals surface area contributed by atoms with Crippen LogP contribution in [0.4, 0.5) is 0 Å². The Morgan fingerprint density at radius 1 is 1.14 bits per heavy atom. The van der Waals surface area contributed by atoms with Gasteiger partial charge in [-0.15, -0.1) is 0 Å². The van der Waals surface area contributed by atoms with Gasteiger partial charge in [-0.05, 0) is 18.2 Å². The lowest BCUT2D eigenvalue weighted by Gasteiger charge is -2.04. The molecule has 1 aromatic rings. The molecule has 1 rings (SSSR count). The minimum Gasteiger partial charge on any atom is -0.352 e. The van der Waals surface area contributed by atoms with Crippen LogP contribution < -0.4 is 10.6 Å². The molecule has 0 aliphatic rings. The molecule has 14 heavy (non-hydrogen) atoms. The zero-order valence-corrected chi connectivity index (χ0v) is 8.63. The van der Waals surface area contributed by atoms with E-state index >= 15 is 0 Å². The molecule has 0 aromatic heterocycles. The van der Waals surface area contributed by atoms with Crippen molar-refractivity contribution in [2.75, 3.05) is 7.05 Å². The van der Waals surface area contributed by atoms with Gasteiger partial charge in [0.25, 0.3) is 0 Å². The van der Waals surface area contributed by atoms with Crippen molar-refractivity contribution in [2.24, 2.45) is 0 Å². The molecule has 0 heterocycles. The van der Waals surface area contributed by atoms with Gasteiger partial charge in [-0.2, -0.15) is 0 Å². The number of amides is 1. The number of hydrogen-bond donors (Lipinski definition) is 2. The van der Waals surface area contributed by atoms with E-state index in [1.807, 2.05) is 19.2 Å². The third-order valence-electron chi connectivity index (χ3n) is 1.95. The lowest BCUT2D eigenvalue weighted by molar-refractivity contribution is -0.119. The lowest BCUT2D eigenvalue weighted by Crippen LogP contribution is -2.18. The fourth-order valence-electron chi connectivity index (χ4n) is 1.21. The molecular formula is C11H16N2O. The fourth-order valence-corrected chi connectivity index (χ4v) is 1.21. The first-order chi connectivity index (χ1) is 6.72. The number of carbonyl (C=O) groups excluding carboxylic acids is 1. The first-order valence-electron chi connectivity index (χ1n) is 4.69. The molecule has 0 atom stereocenters. The monoisotopic (exact) mass is 192 g/mol. The summed E-state index contributed by atoms with van der Waals surface area (Å²) < 4.78 is 0. The summed E-state index contributed by atoms with van der Waals surface area (Å²) in [5, 5.41) is 5.84. The van der Waals surface area contributed by atoms with E-state index in [4.69, 9.17) is 0 Å². The molecule has 0 saturated carbocycles. The summed E-state index contributed by atoms with van der Waals surface area (Å²) in [7, 11) is 1.92. The first kappa shape index (κ1) is 10.7. The Hall–Kier alpha value is -1.35. The minimum atomic E-state index is 0.00398. The standard InChI is InChI=1S/C11H16N2O/c1-9(14)13-8-11-5-3-10(4-6-11)7-12-2/h3-6,12H,7-8H2,1-2H3,(H,13,14). The van der Waals surface area contributed by atoms with Crippen molar-refractivity contribution in [3.05, 3.63) is 35.4 Å². The topological polar surface area (TPSA) is 41.1 Å². The van der Waals surface area contributed by atoms with Crippen LogP contribution in [-0.2, 0) is 17.9 Å². The quantitative estimate of drug-likeness (QED) is 0.748. The SMILES string of the molecule is CNCc1ccc(CNC(C)=O)cc1. The molecular weight excluding hydrogens is 176 g/mol. The molecule has 0 unspecified atom stereocenters. The summed E-state index contributed by atoms with van der Waals surface area (Å²) in [5.41, 5.74) is 2.37. The van der Waals surface area contributed by atoms with Crippen LogP contribution in [0.3, 0.4) is 0 Å². The Morgan fingerprint density at radius 2 is 1.64 bits per heavy atom. The Balaban J connectivity index is 2.50. The second kappa shape index (κ2) is 5.40. The third-order valence-corrected chi connectivity index (χ3v) is 1.95. The molecule has 3 heteroatoms. The molecule has 1 amide bonds. The smallest absolute Gasteiger partial charge is 0.217 e. The van der Waals surface area contributed by atoms with Crippen molar-refractivity contribution >= 4 is 5.91 Å². The fraction of sp³-hybridized carbons (Fsp3) is 0.364. The largest absolute Gasteiger partial charge is 0.352 e. The van der Waals surface area contributed by atoms with E-state index in [-0.39, 0.29) is 5.91 Å². The van der Waals surface area contributed by atoms with Crippen molar-refractivity contribution < 1.29 is 4.79 Å². The van der Waals surface area contributed by atoms with Gasteiger partial charge in [0.1, 0.15) is 0 Å². The van der Waals surface area contributed by atoms with Gasteiger partial charge in [-0.1, -0.05) is 24.3 Å². The van der Waals surface area contributed by atoms with Crippen molar-refractivity contribution in [3.63, 3.8) is 0 Å². The number of carbonyl (C=O) groups is 1. The summed E-state index contributed by atoms with van der Waals surface area (Å²) in [6.07, 6.45) is 0. The van der Waals surface area contributed by atoms with E-state index in [9.17, 15) is 4.79 Å². The number of rotatable bonds is 4. The highest BCUT2D eigenvalue weighted by Crippen LogP contribution is 2.03. The summed E-state index contributed by atoms with van der Waals surface area (Å²) in [6.45, 7) is 3.00. The second-order valence-electron chi connectivity index (χ2n) is 3.26. The van der Waals surface area contributed by atoms with Gasteiger partial charge in [0.15, 0.2) is 0 Å². The van der Waals surface area contributed by atoms with Crippen molar-refractivity contribution in [1.29, 1.82) is 0 Å². The van der Waals surface area contributed by atoms with Gasteiger partial charge in [0.2, 0.25) is 5.91 Å². The average Bonchev–Trinajstić information content (AvgIpc) is 2.17.